The molecule has 3 heterocycles. The SMILES string of the molecule is O=C1N(c2ccccc2)C(c2ccncc2)CC12CCNCC2. The average Bonchev–Trinajstić information content (AvgIpc) is 2.90. The van der Waals surface area contributed by atoms with Gasteiger partial charge in [-0.05, 0) is 62.2 Å². The van der Waals surface area contributed by atoms with Crippen LogP contribution in [0.25, 0.3) is 0 Å². The minimum Gasteiger partial charge on any atom is -0.317 e. The fourth-order valence-electron chi connectivity index (χ4n) is 4.01. The van der Waals surface area contributed by atoms with Crippen LogP contribution in [0.4, 0.5) is 5.69 Å². The number of nitrogens with zero attached hydrogens (tertiary/aromatic N) is 2. The molecule has 1 unspecified atom stereocenters. The van der Waals surface area contributed by atoms with Crippen molar-refractivity contribution in [3.63, 3.8) is 0 Å². The summed E-state index contributed by atoms with van der Waals surface area (Å²) in [5, 5.41) is 3.38. The van der Waals surface area contributed by atoms with Crippen molar-refractivity contribution in [3.8, 4) is 0 Å². The third-order valence-electron chi connectivity index (χ3n) is 5.25. The molecule has 2 aromatic rings. The lowest BCUT2D eigenvalue weighted by molar-refractivity contribution is -0.126. The molecule has 23 heavy (non-hydrogen) atoms. The number of piperidine rings is 1. The Morgan fingerprint density at radius 2 is 1.74 bits per heavy atom. The number of amides is 1. The summed E-state index contributed by atoms with van der Waals surface area (Å²) in [5.41, 5.74) is 1.96. The molecule has 4 heteroatoms. The molecule has 2 saturated heterocycles. The first-order valence-electron chi connectivity index (χ1n) is 8.30. The first-order chi connectivity index (χ1) is 11.3. The normalized spacial score (nSPS) is 23.4. The van der Waals surface area contributed by atoms with Crippen molar-refractivity contribution in [2.75, 3.05) is 18.0 Å². The third-order valence-corrected chi connectivity index (χ3v) is 5.25. The van der Waals surface area contributed by atoms with Gasteiger partial charge in [-0.15, -0.1) is 0 Å². The van der Waals surface area contributed by atoms with Crippen molar-refractivity contribution in [2.45, 2.75) is 25.3 Å². The zero-order chi connectivity index (χ0) is 15.7. The van der Waals surface area contributed by atoms with E-state index in [4.69, 9.17) is 0 Å². The first-order valence-corrected chi connectivity index (χ1v) is 8.30. The largest absolute Gasteiger partial charge is 0.317 e. The molecule has 2 aliphatic heterocycles. The number of anilines is 1. The lowest BCUT2D eigenvalue weighted by Crippen LogP contribution is -2.42. The zero-order valence-corrected chi connectivity index (χ0v) is 13.1. The molecule has 2 aliphatic rings. The summed E-state index contributed by atoms with van der Waals surface area (Å²) in [7, 11) is 0. The van der Waals surface area contributed by atoms with Crippen molar-refractivity contribution in [1.29, 1.82) is 0 Å². The number of hydrogen-bond acceptors (Lipinski definition) is 3. The highest BCUT2D eigenvalue weighted by Gasteiger charge is 2.52. The Labute approximate surface area is 136 Å². The van der Waals surface area contributed by atoms with Crippen LogP contribution in [0.5, 0.6) is 0 Å². The number of aromatic nitrogens is 1. The summed E-state index contributed by atoms with van der Waals surface area (Å²) in [6.45, 7) is 1.86. The number of carbonyl (C=O) groups is 1. The van der Waals surface area contributed by atoms with E-state index in [2.05, 4.69) is 10.3 Å². The molecular weight excluding hydrogens is 286 g/mol. The van der Waals surface area contributed by atoms with Crippen LogP contribution in [0, 0.1) is 5.41 Å². The van der Waals surface area contributed by atoms with E-state index in [1.54, 1.807) is 0 Å². The maximum atomic E-state index is 13.3. The second-order valence-corrected chi connectivity index (χ2v) is 6.54. The fraction of sp³-hybridized carbons (Fsp3) is 0.368. The van der Waals surface area contributed by atoms with Gasteiger partial charge in [0.2, 0.25) is 5.91 Å². The van der Waals surface area contributed by atoms with Gasteiger partial charge >= 0.3 is 0 Å². The van der Waals surface area contributed by atoms with Crippen LogP contribution in [0.15, 0.2) is 54.9 Å². The number of benzene rings is 1. The Morgan fingerprint density at radius 3 is 2.43 bits per heavy atom. The van der Waals surface area contributed by atoms with Crippen molar-refractivity contribution < 1.29 is 4.79 Å². The van der Waals surface area contributed by atoms with Gasteiger partial charge in [0, 0.05) is 18.1 Å². The predicted molar refractivity (Wildman–Crippen MR) is 90.1 cm³/mol. The van der Waals surface area contributed by atoms with Gasteiger partial charge in [0.25, 0.3) is 0 Å². The van der Waals surface area contributed by atoms with Crippen LogP contribution in [-0.2, 0) is 4.79 Å². The summed E-state index contributed by atoms with van der Waals surface area (Å²) in [4.78, 5) is 19.5. The predicted octanol–water partition coefficient (Wildman–Crippen LogP) is 2.93. The van der Waals surface area contributed by atoms with Crippen molar-refractivity contribution >= 4 is 11.6 Å². The van der Waals surface area contributed by atoms with Gasteiger partial charge in [-0.25, -0.2) is 0 Å². The molecule has 0 saturated carbocycles. The summed E-state index contributed by atoms with van der Waals surface area (Å²) >= 11 is 0. The summed E-state index contributed by atoms with van der Waals surface area (Å²) in [6, 6.07) is 14.2. The standard InChI is InChI=1S/C19H21N3O/c23-18-19(8-12-21-13-9-19)14-17(15-6-10-20-11-7-15)22(18)16-4-2-1-3-5-16/h1-7,10-11,17,21H,8-9,12-14H2. The maximum Gasteiger partial charge on any atom is 0.233 e. The molecule has 0 radical (unpaired) electrons. The van der Waals surface area contributed by atoms with Gasteiger partial charge in [0.15, 0.2) is 0 Å². The smallest absolute Gasteiger partial charge is 0.233 e. The van der Waals surface area contributed by atoms with E-state index in [9.17, 15) is 4.79 Å². The van der Waals surface area contributed by atoms with Crippen molar-refractivity contribution in [1.82, 2.24) is 10.3 Å². The number of pyridine rings is 1. The van der Waals surface area contributed by atoms with E-state index in [0.29, 0.717) is 0 Å². The van der Waals surface area contributed by atoms with Gasteiger partial charge in [-0.1, -0.05) is 18.2 Å². The van der Waals surface area contributed by atoms with Crippen LogP contribution < -0.4 is 10.2 Å². The van der Waals surface area contributed by atoms with Gasteiger partial charge in [-0.2, -0.15) is 0 Å². The minimum atomic E-state index is -0.213. The van der Waals surface area contributed by atoms with Gasteiger partial charge < -0.3 is 10.2 Å². The highest BCUT2D eigenvalue weighted by atomic mass is 16.2. The molecule has 1 N–H and O–H groups in total. The highest BCUT2D eigenvalue weighted by Crippen LogP contribution is 2.50. The van der Waals surface area contributed by atoms with Crippen LogP contribution in [0.2, 0.25) is 0 Å². The average molecular weight is 307 g/mol. The Hall–Kier alpha value is -2.20. The Morgan fingerprint density at radius 1 is 1.04 bits per heavy atom. The molecule has 0 bridgehead atoms. The summed E-state index contributed by atoms with van der Waals surface area (Å²) in [6.07, 6.45) is 6.38. The molecule has 1 aromatic carbocycles. The van der Waals surface area contributed by atoms with E-state index in [0.717, 1.165) is 38.0 Å². The second kappa shape index (κ2) is 5.78. The van der Waals surface area contributed by atoms with E-state index in [1.165, 1.54) is 5.56 Å². The van der Waals surface area contributed by atoms with Crippen molar-refractivity contribution in [3.05, 3.63) is 60.4 Å². The number of carbonyl (C=O) groups excluding carboxylic acids is 1. The van der Waals surface area contributed by atoms with Crippen LogP contribution in [0.3, 0.4) is 0 Å². The molecule has 118 valence electrons. The molecule has 1 amide bonds. The molecule has 2 fully saturated rings. The van der Waals surface area contributed by atoms with Gasteiger partial charge in [-0.3, -0.25) is 9.78 Å². The lowest BCUT2D eigenvalue weighted by atomic mass is 9.76. The Balaban J connectivity index is 1.77. The molecule has 0 aliphatic carbocycles. The Kier molecular flexibility index (Phi) is 3.62. The monoisotopic (exact) mass is 307 g/mol. The summed E-state index contributed by atoms with van der Waals surface area (Å²) < 4.78 is 0. The second-order valence-electron chi connectivity index (χ2n) is 6.54. The van der Waals surface area contributed by atoms with E-state index >= 15 is 0 Å². The van der Waals surface area contributed by atoms with Crippen LogP contribution >= 0.6 is 0 Å². The Bertz CT molecular complexity index is 680. The van der Waals surface area contributed by atoms with Crippen molar-refractivity contribution in [2.24, 2.45) is 5.41 Å². The van der Waals surface area contributed by atoms with Crippen LogP contribution in [0.1, 0.15) is 30.9 Å². The molecule has 1 spiro atoms. The molecule has 1 atom stereocenters. The lowest BCUT2D eigenvalue weighted by Gasteiger charge is -2.31. The van der Waals surface area contributed by atoms with Gasteiger partial charge in [0.1, 0.15) is 0 Å². The minimum absolute atomic E-state index is 0.103. The highest BCUT2D eigenvalue weighted by molar-refractivity contribution is 6.01. The van der Waals surface area contributed by atoms with E-state index < -0.39 is 0 Å². The molecule has 4 nitrogen and oxygen atoms in total. The molecular formula is C19H21N3O. The number of nitrogens with one attached hydrogen (secondary N) is 1. The quantitative estimate of drug-likeness (QED) is 0.928. The molecule has 4 rings (SSSR count). The van der Waals surface area contributed by atoms with Gasteiger partial charge in [0.05, 0.1) is 11.5 Å². The topological polar surface area (TPSA) is 45.2 Å². The number of hydrogen-bond donors (Lipinski definition) is 1. The maximum absolute atomic E-state index is 13.3. The number of para-hydroxylation sites is 1. The van der Waals surface area contributed by atoms with E-state index in [-0.39, 0.29) is 17.4 Å². The molecule has 1 aromatic heterocycles. The van der Waals surface area contributed by atoms with E-state index in [1.807, 2.05) is 59.8 Å². The third kappa shape index (κ3) is 2.43. The zero-order valence-electron chi connectivity index (χ0n) is 13.1. The first kappa shape index (κ1) is 14.4. The fourth-order valence-corrected chi connectivity index (χ4v) is 4.01. The van der Waals surface area contributed by atoms with Crippen LogP contribution in [-0.4, -0.2) is 24.0 Å². The summed E-state index contributed by atoms with van der Waals surface area (Å²) in [5.74, 6) is 0.284. The number of rotatable bonds is 2.